The quantitative estimate of drug-likeness (QED) is 0.807. The topological polar surface area (TPSA) is 43.7 Å². The fourth-order valence-electron chi connectivity index (χ4n) is 3.13. The molecule has 0 saturated heterocycles. The third-order valence-corrected chi connectivity index (χ3v) is 4.64. The predicted octanol–water partition coefficient (Wildman–Crippen LogP) is 2.51. The molecule has 2 N–H and O–H groups in total. The van der Waals surface area contributed by atoms with Gasteiger partial charge in [-0.15, -0.1) is 0 Å². The first-order valence-electron chi connectivity index (χ1n) is 7.74. The predicted molar refractivity (Wildman–Crippen MR) is 80.1 cm³/mol. The fourth-order valence-corrected chi connectivity index (χ4v) is 3.13. The summed E-state index contributed by atoms with van der Waals surface area (Å²) in [6, 6.07) is 0. The van der Waals surface area contributed by atoms with Gasteiger partial charge in [-0.1, -0.05) is 20.8 Å². The second-order valence-corrected chi connectivity index (χ2v) is 7.60. The Morgan fingerprint density at radius 3 is 2.42 bits per heavy atom. The van der Waals surface area contributed by atoms with Gasteiger partial charge in [0.1, 0.15) is 0 Å². The molecule has 1 fully saturated rings. The third kappa shape index (κ3) is 5.80. The van der Waals surface area contributed by atoms with E-state index in [1.54, 1.807) is 0 Å². The van der Waals surface area contributed by atoms with Crippen LogP contribution in [0.15, 0.2) is 0 Å². The minimum absolute atomic E-state index is 0.146. The lowest BCUT2D eigenvalue weighted by Gasteiger charge is -2.41. The third-order valence-electron chi connectivity index (χ3n) is 4.64. The van der Waals surface area contributed by atoms with Crippen molar-refractivity contribution >= 4 is 0 Å². The summed E-state index contributed by atoms with van der Waals surface area (Å²) in [4.78, 5) is 2.26. The molecule has 0 aliphatic heterocycles. The van der Waals surface area contributed by atoms with Crippen LogP contribution in [0.3, 0.4) is 0 Å². The molecular weight excluding hydrogens is 238 g/mol. The van der Waals surface area contributed by atoms with Gasteiger partial charge in [-0.3, -0.25) is 0 Å². The van der Waals surface area contributed by atoms with Gasteiger partial charge in [0.15, 0.2) is 0 Å². The van der Waals surface area contributed by atoms with Crippen LogP contribution < -0.4 is 0 Å². The van der Waals surface area contributed by atoms with Gasteiger partial charge < -0.3 is 15.1 Å². The molecule has 0 aromatic rings. The highest BCUT2D eigenvalue weighted by Gasteiger charge is 2.35. The van der Waals surface area contributed by atoms with E-state index in [0.29, 0.717) is 17.3 Å². The molecule has 1 rings (SSSR count). The maximum absolute atomic E-state index is 10.2. The molecule has 0 aromatic carbocycles. The molecule has 4 atom stereocenters. The molecule has 114 valence electrons. The van der Waals surface area contributed by atoms with E-state index in [-0.39, 0.29) is 12.2 Å². The lowest BCUT2D eigenvalue weighted by molar-refractivity contribution is 0.00532. The standard InChI is InChI=1S/C16H33NO2/c1-12(18)8-9-17(5)11-13-10-14(16(2,3)4)6-7-15(13)19/h12-15,18-19H,6-11H2,1-5H3. The number of rotatable bonds is 5. The lowest BCUT2D eigenvalue weighted by atomic mass is 9.68. The SMILES string of the molecule is CC(O)CCN(C)CC1CC(C(C)(C)C)CCC1O. The number of aliphatic hydroxyl groups excluding tert-OH is 2. The van der Waals surface area contributed by atoms with Crippen LogP contribution in [-0.4, -0.2) is 47.5 Å². The van der Waals surface area contributed by atoms with E-state index in [0.717, 1.165) is 38.8 Å². The van der Waals surface area contributed by atoms with Crippen molar-refractivity contribution in [2.75, 3.05) is 20.1 Å². The molecule has 0 heterocycles. The van der Waals surface area contributed by atoms with Crippen LogP contribution in [0.1, 0.15) is 53.4 Å². The number of hydrogen-bond acceptors (Lipinski definition) is 3. The molecule has 0 aromatic heterocycles. The van der Waals surface area contributed by atoms with E-state index in [4.69, 9.17) is 0 Å². The Morgan fingerprint density at radius 2 is 1.89 bits per heavy atom. The minimum atomic E-state index is -0.235. The molecule has 0 bridgehead atoms. The molecule has 4 unspecified atom stereocenters. The molecule has 0 spiro atoms. The van der Waals surface area contributed by atoms with Crippen molar-refractivity contribution in [2.24, 2.45) is 17.3 Å². The molecular formula is C16H33NO2. The van der Waals surface area contributed by atoms with Gasteiger partial charge in [-0.05, 0) is 56.9 Å². The van der Waals surface area contributed by atoms with E-state index < -0.39 is 0 Å². The van der Waals surface area contributed by atoms with Gasteiger partial charge in [0.05, 0.1) is 12.2 Å². The highest BCUT2D eigenvalue weighted by Crippen LogP contribution is 2.40. The summed E-state index contributed by atoms with van der Waals surface area (Å²) in [6.45, 7) is 10.6. The molecule has 3 heteroatoms. The Balaban J connectivity index is 2.46. The number of hydrogen-bond donors (Lipinski definition) is 2. The molecule has 1 aliphatic rings. The van der Waals surface area contributed by atoms with E-state index >= 15 is 0 Å². The summed E-state index contributed by atoms with van der Waals surface area (Å²) < 4.78 is 0. The molecule has 1 aliphatic carbocycles. The lowest BCUT2D eigenvalue weighted by Crippen LogP contribution is -2.40. The molecule has 19 heavy (non-hydrogen) atoms. The normalized spacial score (nSPS) is 30.6. The Bertz CT molecular complexity index is 260. The van der Waals surface area contributed by atoms with Gasteiger partial charge in [-0.2, -0.15) is 0 Å². The largest absolute Gasteiger partial charge is 0.393 e. The van der Waals surface area contributed by atoms with E-state index in [1.165, 1.54) is 0 Å². The van der Waals surface area contributed by atoms with Gasteiger partial charge in [0.25, 0.3) is 0 Å². The van der Waals surface area contributed by atoms with Crippen LogP contribution in [0.2, 0.25) is 0 Å². The zero-order chi connectivity index (χ0) is 14.6. The smallest absolute Gasteiger partial charge is 0.0580 e. The van der Waals surface area contributed by atoms with Gasteiger partial charge in [-0.25, -0.2) is 0 Å². The Labute approximate surface area is 119 Å². The highest BCUT2D eigenvalue weighted by atomic mass is 16.3. The summed E-state index contributed by atoms with van der Waals surface area (Å²) in [5.41, 5.74) is 0.344. The molecule has 3 nitrogen and oxygen atoms in total. The van der Waals surface area contributed by atoms with Crippen molar-refractivity contribution in [1.82, 2.24) is 4.90 Å². The fraction of sp³-hybridized carbons (Fsp3) is 1.00. The van der Waals surface area contributed by atoms with Crippen LogP contribution in [0.4, 0.5) is 0 Å². The first kappa shape index (κ1) is 16.9. The van der Waals surface area contributed by atoms with E-state index in [9.17, 15) is 10.2 Å². The second-order valence-electron chi connectivity index (χ2n) is 7.60. The average Bonchev–Trinajstić information content (AvgIpc) is 2.28. The van der Waals surface area contributed by atoms with E-state index in [1.807, 2.05) is 6.92 Å². The van der Waals surface area contributed by atoms with Gasteiger partial charge in [0.2, 0.25) is 0 Å². The van der Waals surface area contributed by atoms with Crippen molar-refractivity contribution in [3.8, 4) is 0 Å². The number of aliphatic hydroxyl groups is 2. The Morgan fingerprint density at radius 1 is 1.26 bits per heavy atom. The summed E-state index contributed by atoms with van der Waals surface area (Å²) >= 11 is 0. The maximum Gasteiger partial charge on any atom is 0.0580 e. The van der Waals surface area contributed by atoms with Crippen LogP contribution in [0.25, 0.3) is 0 Å². The molecule has 0 radical (unpaired) electrons. The molecule has 0 amide bonds. The van der Waals surface area contributed by atoms with Crippen LogP contribution >= 0.6 is 0 Å². The first-order chi connectivity index (χ1) is 8.70. The summed E-state index contributed by atoms with van der Waals surface area (Å²) in [5.74, 6) is 1.10. The Hall–Kier alpha value is -0.120. The van der Waals surface area contributed by atoms with Gasteiger partial charge >= 0.3 is 0 Å². The van der Waals surface area contributed by atoms with Crippen molar-refractivity contribution < 1.29 is 10.2 Å². The van der Waals surface area contributed by atoms with Gasteiger partial charge in [0, 0.05) is 13.1 Å². The zero-order valence-electron chi connectivity index (χ0n) is 13.4. The summed E-state index contributed by atoms with van der Waals surface area (Å²) in [6.07, 6.45) is 3.65. The summed E-state index contributed by atoms with van der Waals surface area (Å²) in [5, 5.41) is 19.5. The highest BCUT2D eigenvalue weighted by molar-refractivity contribution is 4.86. The van der Waals surface area contributed by atoms with Crippen LogP contribution in [0, 0.1) is 17.3 Å². The first-order valence-corrected chi connectivity index (χ1v) is 7.74. The number of nitrogens with zero attached hydrogens (tertiary/aromatic N) is 1. The monoisotopic (exact) mass is 271 g/mol. The maximum atomic E-state index is 10.2. The minimum Gasteiger partial charge on any atom is -0.393 e. The average molecular weight is 271 g/mol. The second kappa shape index (κ2) is 7.05. The Kier molecular flexibility index (Phi) is 6.28. The van der Waals surface area contributed by atoms with Crippen molar-refractivity contribution in [2.45, 2.75) is 65.6 Å². The molecule has 1 saturated carbocycles. The van der Waals surface area contributed by atoms with Crippen molar-refractivity contribution in [1.29, 1.82) is 0 Å². The van der Waals surface area contributed by atoms with Crippen molar-refractivity contribution in [3.05, 3.63) is 0 Å². The summed E-state index contributed by atoms with van der Waals surface area (Å²) in [7, 11) is 2.09. The van der Waals surface area contributed by atoms with Crippen LogP contribution in [-0.2, 0) is 0 Å². The van der Waals surface area contributed by atoms with Crippen LogP contribution in [0.5, 0.6) is 0 Å². The van der Waals surface area contributed by atoms with Crippen molar-refractivity contribution in [3.63, 3.8) is 0 Å². The van der Waals surface area contributed by atoms with E-state index in [2.05, 4.69) is 32.7 Å². The zero-order valence-corrected chi connectivity index (χ0v) is 13.4.